The number of aryl methyl sites for hydroxylation is 1. The van der Waals surface area contributed by atoms with Crippen LogP contribution >= 0.6 is 11.3 Å². The van der Waals surface area contributed by atoms with Crippen LogP contribution in [0.25, 0.3) is 0 Å². The molecule has 100 valence electrons. The SMILES string of the molecule is Cc1nccc(C2CN(Cc3cncs3)CCO2)n1. The Morgan fingerprint density at radius 3 is 3.26 bits per heavy atom. The van der Waals surface area contributed by atoms with E-state index in [-0.39, 0.29) is 6.10 Å². The van der Waals surface area contributed by atoms with Gasteiger partial charge in [0.2, 0.25) is 0 Å². The van der Waals surface area contributed by atoms with Crippen molar-refractivity contribution in [2.75, 3.05) is 19.7 Å². The summed E-state index contributed by atoms with van der Waals surface area (Å²) in [6, 6.07) is 1.94. The first-order chi connectivity index (χ1) is 9.31. The molecule has 0 N–H and O–H groups in total. The smallest absolute Gasteiger partial charge is 0.125 e. The number of morpholine rings is 1. The maximum Gasteiger partial charge on any atom is 0.125 e. The molecule has 1 atom stereocenters. The minimum Gasteiger partial charge on any atom is -0.369 e. The first-order valence-electron chi connectivity index (χ1n) is 6.32. The Kier molecular flexibility index (Phi) is 3.82. The highest BCUT2D eigenvalue weighted by molar-refractivity contribution is 7.09. The molecule has 0 aromatic carbocycles. The Morgan fingerprint density at radius 2 is 2.47 bits per heavy atom. The average molecular weight is 276 g/mol. The van der Waals surface area contributed by atoms with E-state index in [0.29, 0.717) is 0 Å². The van der Waals surface area contributed by atoms with Gasteiger partial charge in [0.05, 0.1) is 17.8 Å². The van der Waals surface area contributed by atoms with Crippen molar-refractivity contribution >= 4 is 11.3 Å². The molecule has 0 bridgehead atoms. The van der Waals surface area contributed by atoms with Gasteiger partial charge in [0.15, 0.2) is 0 Å². The van der Waals surface area contributed by atoms with Crippen LogP contribution in [0.2, 0.25) is 0 Å². The van der Waals surface area contributed by atoms with Gasteiger partial charge in [-0.15, -0.1) is 11.3 Å². The molecule has 19 heavy (non-hydrogen) atoms. The summed E-state index contributed by atoms with van der Waals surface area (Å²) >= 11 is 1.70. The Bertz CT molecular complexity index is 531. The highest BCUT2D eigenvalue weighted by Gasteiger charge is 2.23. The summed E-state index contributed by atoms with van der Waals surface area (Å²) < 4.78 is 5.82. The number of ether oxygens (including phenoxy) is 1. The van der Waals surface area contributed by atoms with E-state index in [1.54, 1.807) is 17.5 Å². The summed E-state index contributed by atoms with van der Waals surface area (Å²) in [5.41, 5.74) is 2.85. The molecule has 6 heteroatoms. The lowest BCUT2D eigenvalue weighted by molar-refractivity contribution is -0.0348. The molecule has 1 aliphatic rings. The monoisotopic (exact) mass is 276 g/mol. The van der Waals surface area contributed by atoms with E-state index in [0.717, 1.165) is 37.8 Å². The lowest BCUT2D eigenvalue weighted by atomic mass is 10.2. The summed E-state index contributed by atoms with van der Waals surface area (Å²) in [4.78, 5) is 16.4. The molecule has 0 spiro atoms. The number of aromatic nitrogens is 3. The quantitative estimate of drug-likeness (QED) is 0.856. The van der Waals surface area contributed by atoms with Crippen LogP contribution in [0.1, 0.15) is 22.5 Å². The molecule has 3 heterocycles. The number of thiazole rings is 1. The van der Waals surface area contributed by atoms with Gasteiger partial charge in [0.1, 0.15) is 11.9 Å². The number of nitrogens with zero attached hydrogens (tertiary/aromatic N) is 4. The molecule has 1 unspecified atom stereocenters. The Morgan fingerprint density at radius 1 is 1.53 bits per heavy atom. The number of hydrogen-bond acceptors (Lipinski definition) is 6. The van der Waals surface area contributed by atoms with E-state index in [1.807, 2.05) is 24.7 Å². The minimum atomic E-state index is 0.0448. The largest absolute Gasteiger partial charge is 0.369 e. The van der Waals surface area contributed by atoms with Crippen molar-refractivity contribution in [1.29, 1.82) is 0 Å². The van der Waals surface area contributed by atoms with Crippen molar-refractivity contribution < 1.29 is 4.74 Å². The van der Waals surface area contributed by atoms with E-state index in [4.69, 9.17) is 4.74 Å². The van der Waals surface area contributed by atoms with E-state index in [9.17, 15) is 0 Å². The van der Waals surface area contributed by atoms with E-state index in [2.05, 4.69) is 19.9 Å². The second kappa shape index (κ2) is 5.73. The van der Waals surface area contributed by atoms with Crippen molar-refractivity contribution in [3.05, 3.63) is 40.4 Å². The molecule has 2 aromatic heterocycles. The van der Waals surface area contributed by atoms with Crippen LogP contribution in [0.5, 0.6) is 0 Å². The standard InChI is InChI=1S/C13H16N4OS/c1-10-15-3-2-12(16-10)13-8-17(4-5-18-13)7-11-6-14-9-19-11/h2-3,6,9,13H,4-5,7-8H2,1H3. The van der Waals surface area contributed by atoms with Crippen molar-refractivity contribution in [1.82, 2.24) is 19.9 Å². The Balaban J connectivity index is 1.67. The zero-order valence-corrected chi connectivity index (χ0v) is 11.6. The first kappa shape index (κ1) is 12.7. The number of hydrogen-bond donors (Lipinski definition) is 0. The average Bonchev–Trinajstić information content (AvgIpc) is 2.92. The third kappa shape index (κ3) is 3.15. The molecule has 1 saturated heterocycles. The normalized spacial score (nSPS) is 20.6. The molecule has 1 fully saturated rings. The molecule has 3 rings (SSSR count). The molecule has 2 aromatic rings. The van der Waals surface area contributed by atoms with Gasteiger partial charge in [-0.3, -0.25) is 9.88 Å². The molecule has 5 nitrogen and oxygen atoms in total. The number of rotatable bonds is 3. The van der Waals surface area contributed by atoms with Crippen molar-refractivity contribution in [2.24, 2.45) is 0 Å². The van der Waals surface area contributed by atoms with Gasteiger partial charge >= 0.3 is 0 Å². The van der Waals surface area contributed by atoms with Crippen LogP contribution in [-0.2, 0) is 11.3 Å². The summed E-state index contributed by atoms with van der Waals surface area (Å²) in [6.45, 7) is 5.41. The van der Waals surface area contributed by atoms with Gasteiger partial charge in [-0.25, -0.2) is 9.97 Å². The van der Waals surface area contributed by atoms with E-state index in [1.165, 1.54) is 4.88 Å². The second-order valence-electron chi connectivity index (χ2n) is 4.59. The Labute approximate surface area is 116 Å². The molecule has 0 saturated carbocycles. The maximum atomic E-state index is 5.82. The lowest BCUT2D eigenvalue weighted by Crippen LogP contribution is -2.38. The zero-order valence-electron chi connectivity index (χ0n) is 10.8. The van der Waals surface area contributed by atoms with Crippen LogP contribution in [0.15, 0.2) is 24.0 Å². The van der Waals surface area contributed by atoms with Gasteiger partial charge in [-0.1, -0.05) is 0 Å². The van der Waals surface area contributed by atoms with Gasteiger partial charge in [0, 0.05) is 36.9 Å². The summed E-state index contributed by atoms with van der Waals surface area (Å²) in [5.74, 6) is 0.792. The topological polar surface area (TPSA) is 51.1 Å². The lowest BCUT2D eigenvalue weighted by Gasteiger charge is -2.32. The predicted molar refractivity (Wildman–Crippen MR) is 72.9 cm³/mol. The Hall–Kier alpha value is -1.37. The van der Waals surface area contributed by atoms with Crippen LogP contribution in [0.3, 0.4) is 0 Å². The molecule has 0 radical (unpaired) electrons. The van der Waals surface area contributed by atoms with Crippen LogP contribution in [-0.4, -0.2) is 39.5 Å². The highest BCUT2D eigenvalue weighted by atomic mass is 32.1. The fraction of sp³-hybridized carbons (Fsp3) is 0.462. The third-order valence-corrected chi connectivity index (χ3v) is 3.91. The molecule has 0 amide bonds. The first-order valence-corrected chi connectivity index (χ1v) is 7.20. The van der Waals surface area contributed by atoms with E-state index < -0.39 is 0 Å². The van der Waals surface area contributed by atoms with E-state index >= 15 is 0 Å². The van der Waals surface area contributed by atoms with Crippen LogP contribution in [0, 0.1) is 6.92 Å². The zero-order chi connectivity index (χ0) is 13.1. The van der Waals surface area contributed by atoms with Crippen molar-refractivity contribution in [3.8, 4) is 0 Å². The minimum absolute atomic E-state index is 0.0448. The summed E-state index contributed by atoms with van der Waals surface area (Å²) in [5, 5.41) is 0. The molecular formula is C13H16N4OS. The summed E-state index contributed by atoms with van der Waals surface area (Å²) in [7, 11) is 0. The molecule has 0 aliphatic carbocycles. The molecular weight excluding hydrogens is 260 g/mol. The van der Waals surface area contributed by atoms with Gasteiger partial charge in [-0.2, -0.15) is 0 Å². The summed E-state index contributed by atoms with van der Waals surface area (Å²) in [6.07, 6.45) is 3.77. The van der Waals surface area contributed by atoms with Gasteiger partial charge < -0.3 is 4.74 Å². The fourth-order valence-electron chi connectivity index (χ4n) is 2.22. The maximum absolute atomic E-state index is 5.82. The van der Waals surface area contributed by atoms with Gasteiger partial charge in [-0.05, 0) is 13.0 Å². The van der Waals surface area contributed by atoms with Gasteiger partial charge in [0.25, 0.3) is 0 Å². The van der Waals surface area contributed by atoms with Crippen LogP contribution < -0.4 is 0 Å². The second-order valence-corrected chi connectivity index (χ2v) is 5.56. The fourth-order valence-corrected chi connectivity index (χ4v) is 2.86. The third-order valence-electron chi connectivity index (χ3n) is 3.14. The van der Waals surface area contributed by atoms with Crippen LogP contribution in [0.4, 0.5) is 0 Å². The molecule has 1 aliphatic heterocycles. The highest BCUT2D eigenvalue weighted by Crippen LogP contribution is 2.22. The van der Waals surface area contributed by atoms with Crippen molar-refractivity contribution in [2.45, 2.75) is 19.6 Å². The predicted octanol–water partition coefficient (Wildman–Crippen LogP) is 1.82. The van der Waals surface area contributed by atoms with Crippen molar-refractivity contribution in [3.63, 3.8) is 0 Å².